The van der Waals surface area contributed by atoms with E-state index in [-0.39, 0.29) is 12.5 Å². The molecule has 2 rings (SSSR count). The van der Waals surface area contributed by atoms with E-state index in [9.17, 15) is 4.79 Å². The fourth-order valence-corrected chi connectivity index (χ4v) is 3.61. The summed E-state index contributed by atoms with van der Waals surface area (Å²) in [5.41, 5.74) is 0.639. The van der Waals surface area contributed by atoms with Crippen LogP contribution in [0.1, 0.15) is 48.9 Å². The Balaban J connectivity index is 2.06. The van der Waals surface area contributed by atoms with E-state index in [0.717, 1.165) is 5.01 Å². The molecule has 1 unspecified atom stereocenters. The zero-order chi connectivity index (χ0) is 13.0. The maximum absolute atomic E-state index is 10.7. The monoisotopic (exact) mass is 269 g/mol. The van der Waals surface area contributed by atoms with Gasteiger partial charge in [-0.2, -0.15) is 0 Å². The van der Waals surface area contributed by atoms with Gasteiger partial charge in [-0.3, -0.25) is 4.79 Å². The quantitative estimate of drug-likeness (QED) is 0.892. The van der Waals surface area contributed by atoms with E-state index in [1.807, 2.05) is 5.38 Å². The third kappa shape index (κ3) is 3.29. The number of carboxylic acid groups (broad SMARTS) is 1. The lowest BCUT2D eigenvalue weighted by molar-refractivity contribution is -0.136. The summed E-state index contributed by atoms with van der Waals surface area (Å²) in [6.07, 6.45) is 6.25. The molecule has 1 aromatic rings. The first-order valence-corrected chi connectivity index (χ1v) is 7.27. The van der Waals surface area contributed by atoms with Gasteiger partial charge in [0.25, 0.3) is 0 Å². The highest BCUT2D eigenvalue weighted by molar-refractivity contribution is 7.09. The molecule has 1 aromatic heterocycles. The number of aromatic nitrogens is 1. The summed E-state index contributed by atoms with van der Waals surface area (Å²) < 4.78 is 5.59. The van der Waals surface area contributed by atoms with Crippen LogP contribution in [0.15, 0.2) is 5.38 Å². The number of ether oxygens (including phenoxy) is 1. The number of aliphatic carboxylic acids is 1. The second-order valence-electron chi connectivity index (χ2n) is 4.80. The van der Waals surface area contributed by atoms with Crippen molar-refractivity contribution in [3.63, 3.8) is 0 Å². The third-order valence-corrected chi connectivity index (χ3v) is 4.43. The van der Waals surface area contributed by atoms with E-state index in [0.29, 0.717) is 11.6 Å². The number of hydrogen-bond acceptors (Lipinski definition) is 4. The van der Waals surface area contributed by atoms with Crippen LogP contribution in [0.5, 0.6) is 0 Å². The Labute approximate surface area is 111 Å². The predicted molar refractivity (Wildman–Crippen MR) is 69.8 cm³/mol. The van der Waals surface area contributed by atoms with Crippen LogP contribution >= 0.6 is 11.3 Å². The zero-order valence-electron chi connectivity index (χ0n) is 10.6. The highest BCUT2D eigenvalue weighted by atomic mass is 32.1. The zero-order valence-corrected chi connectivity index (χ0v) is 11.4. The van der Waals surface area contributed by atoms with Crippen LogP contribution in [0.25, 0.3) is 0 Å². The molecule has 0 saturated heterocycles. The molecule has 18 heavy (non-hydrogen) atoms. The molecule has 1 fully saturated rings. The molecular formula is C13H19NO3S. The van der Waals surface area contributed by atoms with Gasteiger partial charge in [-0.05, 0) is 18.8 Å². The highest BCUT2D eigenvalue weighted by Crippen LogP contribution is 2.37. The molecule has 0 aliphatic heterocycles. The van der Waals surface area contributed by atoms with Gasteiger partial charge in [-0.15, -0.1) is 11.3 Å². The number of carbonyl (C=O) groups is 1. The molecule has 1 saturated carbocycles. The smallest absolute Gasteiger partial charge is 0.309 e. The topological polar surface area (TPSA) is 59.4 Å². The molecule has 1 aliphatic carbocycles. The van der Waals surface area contributed by atoms with Crippen LogP contribution < -0.4 is 0 Å². The molecule has 100 valence electrons. The molecule has 0 amide bonds. The van der Waals surface area contributed by atoms with Gasteiger partial charge in [0.15, 0.2) is 0 Å². The predicted octanol–water partition coefficient (Wildman–Crippen LogP) is 3.04. The maximum Gasteiger partial charge on any atom is 0.309 e. The van der Waals surface area contributed by atoms with Gasteiger partial charge in [0.1, 0.15) is 11.1 Å². The van der Waals surface area contributed by atoms with E-state index in [1.165, 1.54) is 43.4 Å². The van der Waals surface area contributed by atoms with Crippen molar-refractivity contribution in [2.45, 2.75) is 44.6 Å². The number of carboxylic acids is 1. The molecule has 0 spiro atoms. The number of methoxy groups -OCH3 is 1. The minimum absolute atomic E-state index is 0.00238. The molecule has 0 radical (unpaired) electrons. The molecule has 4 nitrogen and oxygen atoms in total. The second kappa shape index (κ2) is 6.29. The Morgan fingerprint density at radius 2 is 2.28 bits per heavy atom. The van der Waals surface area contributed by atoms with Crippen LogP contribution in [0.2, 0.25) is 0 Å². The standard InChI is InChI=1S/C13H19NO3S/c1-17-12(9-5-3-2-4-6-9)13-14-10(8-18-13)7-11(15)16/h8-9,12H,2-7H2,1H3,(H,15,16). The summed E-state index contributed by atoms with van der Waals surface area (Å²) in [5.74, 6) is -0.300. The Morgan fingerprint density at radius 1 is 1.56 bits per heavy atom. The van der Waals surface area contributed by atoms with E-state index in [4.69, 9.17) is 9.84 Å². The number of rotatable bonds is 5. The Hall–Kier alpha value is -0.940. The van der Waals surface area contributed by atoms with Crippen LogP contribution in [0, 0.1) is 5.92 Å². The summed E-state index contributed by atoms with van der Waals surface area (Å²) in [7, 11) is 1.72. The van der Waals surface area contributed by atoms with Crippen molar-refractivity contribution in [1.29, 1.82) is 0 Å². The minimum atomic E-state index is -0.835. The van der Waals surface area contributed by atoms with Gasteiger partial charge >= 0.3 is 5.97 Å². The Bertz CT molecular complexity index is 399. The summed E-state index contributed by atoms with van der Waals surface area (Å²) in [6.45, 7) is 0. The second-order valence-corrected chi connectivity index (χ2v) is 5.69. The van der Waals surface area contributed by atoms with E-state index >= 15 is 0 Å². The van der Waals surface area contributed by atoms with Gasteiger partial charge in [0.05, 0.1) is 12.1 Å². The molecular weight excluding hydrogens is 250 g/mol. The van der Waals surface area contributed by atoms with Gasteiger partial charge in [0.2, 0.25) is 0 Å². The third-order valence-electron chi connectivity index (χ3n) is 3.48. The Morgan fingerprint density at radius 3 is 2.89 bits per heavy atom. The van der Waals surface area contributed by atoms with Crippen molar-refractivity contribution < 1.29 is 14.6 Å². The number of hydrogen-bond donors (Lipinski definition) is 1. The van der Waals surface area contributed by atoms with E-state index in [2.05, 4.69) is 4.98 Å². The average Bonchev–Trinajstić information content (AvgIpc) is 2.79. The van der Waals surface area contributed by atoms with Crippen LogP contribution in [0.4, 0.5) is 0 Å². The van der Waals surface area contributed by atoms with Crippen molar-refractivity contribution in [3.05, 3.63) is 16.1 Å². The molecule has 1 N–H and O–H groups in total. The van der Waals surface area contributed by atoms with Crippen molar-refractivity contribution >= 4 is 17.3 Å². The number of nitrogens with zero attached hydrogens (tertiary/aromatic N) is 1. The maximum atomic E-state index is 10.7. The van der Waals surface area contributed by atoms with Crippen LogP contribution in [-0.2, 0) is 16.0 Å². The minimum Gasteiger partial charge on any atom is -0.481 e. The molecule has 1 heterocycles. The Kier molecular flexibility index (Phi) is 4.72. The lowest BCUT2D eigenvalue weighted by Gasteiger charge is -2.27. The summed E-state index contributed by atoms with van der Waals surface area (Å²) >= 11 is 1.52. The summed E-state index contributed by atoms with van der Waals surface area (Å²) in [5, 5.41) is 11.5. The van der Waals surface area contributed by atoms with Gasteiger partial charge in [-0.1, -0.05) is 19.3 Å². The molecule has 0 bridgehead atoms. The first-order chi connectivity index (χ1) is 8.70. The van der Waals surface area contributed by atoms with Crippen LogP contribution in [-0.4, -0.2) is 23.2 Å². The van der Waals surface area contributed by atoms with Crippen molar-refractivity contribution in [3.8, 4) is 0 Å². The van der Waals surface area contributed by atoms with Gasteiger partial charge in [0, 0.05) is 12.5 Å². The van der Waals surface area contributed by atoms with Crippen molar-refractivity contribution in [2.75, 3.05) is 7.11 Å². The average molecular weight is 269 g/mol. The van der Waals surface area contributed by atoms with Crippen molar-refractivity contribution in [1.82, 2.24) is 4.98 Å². The van der Waals surface area contributed by atoms with E-state index in [1.54, 1.807) is 7.11 Å². The molecule has 1 atom stereocenters. The highest BCUT2D eigenvalue weighted by Gasteiger charge is 2.27. The first kappa shape index (κ1) is 13.5. The summed E-state index contributed by atoms with van der Waals surface area (Å²) in [4.78, 5) is 15.1. The molecule has 1 aliphatic rings. The van der Waals surface area contributed by atoms with Crippen molar-refractivity contribution in [2.24, 2.45) is 5.92 Å². The normalized spacial score (nSPS) is 18.7. The fourth-order valence-electron chi connectivity index (χ4n) is 2.62. The molecule has 5 heteroatoms. The fraction of sp³-hybridized carbons (Fsp3) is 0.692. The first-order valence-electron chi connectivity index (χ1n) is 6.39. The SMILES string of the molecule is COC(c1nc(CC(=O)O)cs1)C1CCCCC1. The van der Waals surface area contributed by atoms with Crippen LogP contribution in [0.3, 0.4) is 0 Å². The number of thiazole rings is 1. The van der Waals surface area contributed by atoms with E-state index < -0.39 is 5.97 Å². The van der Waals surface area contributed by atoms with Gasteiger partial charge < -0.3 is 9.84 Å². The van der Waals surface area contributed by atoms with Gasteiger partial charge in [-0.25, -0.2) is 4.98 Å². The molecule has 0 aromatic carbocycles. The largest absolute Gasteiger partial charge is 0.481 e. The summed E-state index contributed by atoms with van der Waals surface area (Å²) in [6, 6.07) is 0. The lowest BCUT2D eigenvalue weighted by atomic mass is 9.85. The lowest BCUT2D eigenvalue weighted by Crippen LogP contribution is -2.18.